The minimum absolute atomic E-state index is 0.0245. The summed E-state index contributed by atoms with van der Waals surface area (Å²) in [5, 5.41) is 4.19. The first-order valence-electron chi connectivity index (χ1n) is 7.16. The number of hydrogen-bond donors (Lipinski definition) is 1. The third-order valence-corrected chi connectivity index (χ3v) is 4.12. The van der Waals surface area contributed by atoms with E-state index in [1.165, 1.54) is 0 Å². The number of furan rings is 1. The van der Waals surface area contributed by atoms with Crippen LogP contribution in [0.3, 0.4) is 0 Å². The Balaban J connectivity index is 1.94. The van der Waals surface area contributed by atoms with E-state index in [0.717, 1.165) is 42.5 Å². The van der Waals surface area contributed by atoms with Crippen LogP contribution in [-0.4, -0.2) is 37.0 Å². The largest absolute Gasteiger partial charge is 0.451 e. The number of carbonyl (C=O) groups is 1. The van der Waals surface area contributed by atoms with Gasteiger partial charge in [-0.2, -0.15) is 0 Å². The SMILES string of the molecule is CNCC1CCCN1C(=O)c1oc2ccccc2c1C. The van der Waals surface area contributed by atoms with E-state index in [1.807, 2.05) is 43.1 Å². The lowest BCUT2D eigenvalue weighted by atomic mass is 10.1. The number of likely N-dealkylation sites (N-methyl/N-ethyl adjacent to an activating group) is 1. The highest BCUT2D eigenvalue weighted by molar-refractivity contribution is 5.99. The fourth-order valence-corrected chi connectivity index (χ4v) is 3.06. The maximum absolute atomic E-state index is 12.7. The number of likely N-dealkylation sites (tertiary alicyclic amines) is 1. The van der Waals surface area contributed by atoms with Gasteiger partial charge < -0.3 is 14.6 Å². The van der Waals surface area contributed by atoms with Crippen LogP contribution in [0, 0.1) is 6.92 Å². The number of amides is 1. The fraction of sp³-hybridized carbons (Fsp3) is 0.438. The second-order valence-electron chi connectivity index (χ2n) is 5.40. The number of benzene rings is 1. The highest BCUT2D eigenvalue weighted by atomic mass is 16.3. The molecular weight excluding hydrogens is 252 g/mol. The van der Waals surface area contributed by atoms with E-state index in [-0.39, 0.29) is 11.9 Å². The number of carbonyl (C=O) groups excluding carboxylic acids is 1. The summed E-state index contributed by atoms with van der Waals surface area (Å²) >= 11 is 0. The van der Waals surface area contributed by atoms with Crippen molar-refractivity contribution in [3.05, 3.63) is 35.6 Å². The topological polar surface area (TPSA) is 45.5 Å². The molecule has 2 heterocycles. The Bertz CT molecular complexity index is 632. The van der Waals surface area contributed by atoms with Crippen molar-refractivity contribution in [1.29, 1.82) is 0 Å². The molecule has 0 aliphatic carbocycles. The van der Waals surface area contributed by atoms with E-state index in [1.54, 1.807) is 0 Å². The van der Waals surface area contributed by atoms with Gasteiger partial charge in [-0.05, 0) is 32.9 Å². The zero-order valence-electron chi connectivity index (χ0n) is 12.0. The van der Waals surface area contributed by atoms with Crippen molar-refractivity contribution < 1.29 is 9.21 Å². The third kappa shape index (κ3) is 2.10. The van der Waals surface area contributed by atoms with Crippen LogP contribution >= 0.6 is 0 Å². The smallest absolute Gasteiger partial charge is 0.290 e. The molecule has 1 unspecified atom stereocenters. The number of nitrogens with one attached hydrogen (secondary N) is 1. The van der Waals surface area contributed by atoms with Gasteiger partial charge in [-0.3, -0.25) is 4.79 Å². The van der Waals surface area contributed by atoms with Crippen molar-refractivity contribution in [2.75, 3.05) is 20.1 Å². The van der Waals surface area contributed by atoms with Crippen molar-refractivity contribution in [2.45, 2.75) is 25.8 Å². The molecular formula is C16H20N2O2. The van der Waals surface area contributed by atoms with Gasteiger partial charge in [0.1, 0.15) is 5.58 Å². The van der Waals surface area contributed by atoms with Crippen LogP contribution in [0.5, 0.6) is 0 Å². The molecule has 1 amide bonds. The number of hydrogen-bond acceptors (Lipinski definition) is 3. The summed E-state index contributed by atoms with van der Waals surface area (Å²) in [5.74, 6) is 0.519. The third-order valence-electron chi connectivity index (χ3n) is 4.12. The molecule has 1 aromatic heterocycles. The second-order valence-corrected chi connectivity index (χ2v) is 5.40. The Morgan fingerprint density at radius 3 is 3.00 bits per heavy atom. The molecule has 0 spiro atoms. The molecule has 4 heteroatoms. The summed E-state index contributed by atoms with van der Waals surface area (Å²) in [7, 11) is 1.92. The van der Waals surface area contributed by atoms with E-state index in [9.17, 15) is 4.79 Å². The van der Waals surface area contributed by atoms with E-state index in [2.05, 4.69) is 5.32 Å². The van der Waals surface area contributed by atoms with Crippen molar-refractivity contribution in [3.63, 3.8) is 0 Å². The van der Waals surface area contributed by atoms with Gasteiger partial charge in [0.05, 0.1) is 0 Å². The molecule has 1 saturated heterocycles. The normalized spacial score (nSPS) is 18.9. The molecule has 1 fully saturated rings. The summed E-state index contributed by atoms with van der Waals surface area (Å²) in [5.41, 5.74) is 1.73. The maximum atomic E-state index is 12.7. The van der Waals surface area contributed by atoms with Gasteiger partial charge >= 0.3 is 0 Å². The van der Waals surface area contributed by atoms with E-state index >= 15 is 0 Å². The predicted octanol–water partition coefficient (Wildman–Crippen LogP) is 2.57. The predicted molar refractivity (Wildman–Crippen MR) is 78.9 cm³/mol. The number of aryl methyl sites for hydroxylation is 1. The van der Waals surface area contributed by atoms with Crippen molar-refractivity contribution in [2.24, 2.45) is 0 Å². The van der Waals surface area contributed by atoms with Gasteiger partial charge in [-0.1, -0.05) is 18.2 Å². The zero-order chi connectivity index (χ0) is 14.1. The van der Waals surface area contributed by atoms with Crippen molar-refractivity contribution in [3.8, 4) is 0 Å². The molecule has 1 N–H and O–H groups in total. The average Bonchev–Trinajstić information content (AvgIpc) is 3.04. The average molecular weight is 272 g/mol. The molecule has 2 aromatic rings. The quantitative estimate of drug-likeness (QED) is 0.934. The van der Waals surface area contributed by atoms with Crippen molar-refractivity contribution in [1.82, 2.24) is 10.2 Å². The molecule has 20 heavy (non-hydrogen) atoms. The van der Waals surface area contributed by atoms with Gasteiger partial charge in [0.25, 0.3) is 5.91 Å². The molecule has 1 aromatic carbocycles. The summed E-state index contributed by atoms with van der Waals surface area (Å²) in [4.78, 5) is 14.7. The lowest BCUT2D eigenvalue weighted by Gasteiger charge is -2.23. The van der Waals surface area contributed by atoms with Gasteiger partial charge in [0.2, 0.25) is 0 Å². The second kappa shape index (κ2) is 5.29. The van der Waals surface area contributed by atoms with Crippen LogP contribution in [0.15, 0.2) is 28.7 Å². The Labute approximate surface area is 118 Å². The van der Waals surface area contributed by atoms with Gasteiger partial charge in [0, 0.05) is 30.1 Å². The molecule has 0 bridgehead atoms. The summed E-state index contributed by atoms with van der Waals surface area (Å²) < 4.78 is 5.79. The molecule has 0 saturated carbocycles. The minimum atomic E-state index is 0.0245. The van der Waals surface area contributed by atoms with Gasteiger partial charge in [-0.15, -0.1) is 0 Å². The molecule has 3 rings (SSSR count). The Hall–Kier alpha value is -1.81. The molecule has 4 nitrogen and oxygen atoms in total. The van der Waals surface area contributed by atoms with Crippen LogP contribution in [0.1, 0.15) is 29.0 Å². The zero-order valence-corrected chi connectivity index (χ0v) is 12.0. The van der Waals surface area contributed by atoms with Crippen LogP contribution in [-0.2, 0) is 0 Å². The first kappa shape index (κ1) is 13.2. The summed E-state index contributed by atoms with van der Waals surface area (Å²) in [6, 6.07) is 8.09. The highest BCUT2D eigenvalue weighted by Gasteiger charge is 2.31. The number of fused-ring (bicyclic) bond motifs is 1. The Morgan fingerprint density at radius 2 is 2.25 bits per heavy atom. The van der Waals surface area contributed by atoms with E-state index in [0.29, 0.717) is 5.76 Å². The van der Waals surface area contributed by atoms with Crippen LogP contribution in [0.4, 0.5) is 0 Å². The molecule has 0 radical (unpaired) electrons. The Morgan fingerprint density at radius 1 is 1.45 bits per heavy atom. The van der Waals surface area contributed by atoms with Crippen molar-refractivity contribution >= 4 is 16.9 Å². The fourth-order valence-electron chi connectivity index (χ4n) is 3.06. The van der Waals surface area contributed by atoms with E-state index < -0.39 is 0 Å². The Kier molecular flexibility index (Phi) is 3.49. The number of para-hydroxylation sites is 1. The monoisotopic (exact) mass is 272 g/mol. The summed E-state index contributed by atoms with van der Waals surface area (Å²) in [6.07, 6.45) is 2.13. The highest BCUT2D eigenvalue weighted by Crippen LogP contribution is 2.28. The molecule has 106 valence electrons. The van der Waals surface area contributed by atoms with Crippen LogP contribution in [0.2, 0.25) is 0 Å². The maximum Gasteiger partial charge on any atom is 0.290 e. The molecule has 1 aliphatic rings. The number of rotatable bonds is 3. The molecule has 1 atom stereocenters. The minimum Gasteiger partial charge on any atom is -0.451 e. The standard InChI is InChI=1S/C16H20N2O2/c1-11-13-7-3-4-8-14(13)20-15(11)16(19)18-9-5-6-12(18)10-17-2/h3-4,7-8,12,17H,5-6,9-10H2,1-2H3. The molecule has 1 aliphatic heterocycles. The summed E-state index contributed by atoms with van der Waals surface area (Å²) in [6.45, 7) is 3.62. The lowest BCUT2D eigenvalue weighted by Crippen LogP contribution is -2.40. The first-order chi connectivity index (χ1) is 9.72. The lowest BCUT2D eigenvalue weighted by molar-refractivity contribution is 0.0706. The van der Waals surface area contributed by atoms with E-state index in [4.69, 9.17) is 4.42 Å². The van der Waals surface area contributed by atoms with Gasteiger partial charge in [-0.25, -0.2) is 0 Å². The van der Waals surface area contributed by atoms with Gasteiger partial charge in [0.15, 0.2) is 5.76 Å². The van der Waals surface area contributed by atoms with Crippen LogP contribution in [0.25, 0.3) is 11.0 Å². The number of nitrogens with zero attached hydrogens (tertiary/aromatic N) is 1. The van der Waals surface area contributed by atoms with Crippen LogP contribution < -0.4 is 5.32 Å². The first-order valence-corrected chi connectivity index (χ1v) is 7.16.